The standard InChI is InChI=1S/C22H18O2/c1-16(14-22(23)24)17-10-12-19(13-11-17)21-9-5-8-20(15-21)18-6-3-2-4-7-18/h2-15H,1H3,(H,23,24). The van der Waals surface area contributed by atoms with E-state index >= 15 is 0 Å². The molecule has 0 amide bonds. The van der Waals surface area contributed by atoms with Crippen LogP contribution in [0, 0.1) is 0 Å². The molecule has 0 saturated heterocycles. The maximum absolute atomic E-state index is 10.8. The van der Waals surface area contributed by atoms with E-state index in [0.717, 1.165) is 22.3 Å². The lowest BCUT2D eigenvalue weighted by atomic mass is 9.97. The van der Waals surface area contributed by atoms with Gasteiger partial charge in [0.15, 0.2) is 0 Å². The maximum Gasteiger partial charge on any atom is 0.328 e. The van der Waals surface area contributed by atoms with Crippen LogP contribution in [-0.4, -0.2) is 11.1 Å². The van der Waals surface area contributed by atoms with E-state index in [4.69, 9.17) is 5.11 Å². The van der Waals surface area contributed by atoms with Gasteiger partial charge >= 0.3 is 5.97 Å². The highest BCUT2D eigenvalue weighted by molar-refractivity contribution is 5.89. The van der Waals surface area contributed by atoms with Gasteiger partial charge in [-0.05, 0) is 46.4 Å². The molecule has 24 heavy (non-hydrogen) atoms. The van der Waals surface area contributed by atoms with Crippen molar-refractivity contribution in [2.45, 2.75) is 6.92 Å². The molecular formula is C22H18O2. The van der Waals surface area contributed by atoms with Crippen molar-refractivity contribution in [3.05, 3.63) is 90.5 Å². The van der Waals surface area contributed by atoms with E-state index in [9.17, 15) is 4.79 Å². The molecule has 0 aliphatic heterocycles. The second-order valence-electron chi connectivity index (χ2n) is 5.69. The number of hydrogen-bond acceptors (Lipinski definition) is 1. The molecule has 0 fully saturated rings. The van der Waals surface area contributed by atoms with E-state index in [1.165, 1.54) is 17.2 Å². The Kier molecular flexibility index (Phi) is 4.57. The van der Waals surface area contributed by atoms with Crippen LogP contribution in [0.1, 0.15) is 12.5 Å². The van der Waals surface area contributed by atoms with Crippen LogP contribution in [0.4, 0.5) is 0 Å². The lowest BCUT2D eigenvalue weighted by molar-refractivity contribution is -0.131. The first-order valence-corrected chi connectivity index (χ1v) is 7.81. The predicted molar refractivity (Wildman–Crippen MR) is 98.6 cm³/mol. The van der Waals surface area contributed by atoms with Crippen molar-refractivity contribution in [2.75, 3.05) is 0 Å². The molecule has 0 radical (unpaired) electrons. The van der Waals surface area contributed by atoms with Gasteiger partial charge in [0.2, 0.25) is 0 Å². The molecule has 0 bridgehead atoms. The zero-order valence-electron chi connectivity index (χ0n) is 13.4. The van der Waals surface area contributed by atoms with Gasteiger partial charge in [0.1, 0.15) is 0 Å². The van der Waals surface area contributed by atoms with Crippen LogP contribution in [0.25, 0.3) is 27.8 Å². The lowest BCUT2D eigenvalue weighted by Gasteiger charge is -2.07. The molecule has 0 aliphatic carbocycles. The molecular weight excluding hydrogens is 296 g/mol. The highest BCUT2D eigenvalue weighted by Gasteiger charge is 2.03. The summed E-state index contributed by atoms with van der Waals surface area (Å²) in [6.07, 6.45) is 1.23. The SMILES string of the molecule is CC(=CC(=O)O)c1ccc(-c2cccc(-c3ccccc3)c2)cc1. The monoisotopic (exact) mass is 314 g/mol. The van der Waals surface area contributed by atoms with Gasteiger partial charge in [0.05, 0.1) is 0 Å². The third kappa shape index (κ3) is 3.61. The Morgan fingerprint density at radius 3 is 1.88 bits per heavy atom. The zero-order chi connectivity index (χ0) is 16.9. The summed E-state index contributed by atoms with van der Waals surface area (Å²) < 4.78 is 0. The first kappa shape index (κ1) is 15.8. The van der Waals surface area contributed by atoms with Crippen LogP contribution in [0.5, 0.6) is 0 Å². The molecule has 2 nitrogen and oxygen atoms in total. The van der Waals surface area contributed by atoms with Crippen LogP contribution >= 0.6 is 0 Å². The van der Waals surface area contributed by atoms with E-state index in [2.05, 4.69) is 36.4 Å². The fourth-order valence-electron chi connectivity index (χ4n) is 2.70. The second kappa shape index (κ2) is 6.97. The van der Waals surface area contributed by atoms with Gasteiger partial charge in [-0.2, -0.15) is 0 Å². The number of hydrogen-bond donors (Lipinski definition) is 1. The Bertz CT molecular complexity index is 875. The quantitative estimate of drug-likeness (QED) is 0.645. The van der Waals surface area contributed by atoms with Crippen molar-refractivity contribution >= 4 is 11.5 Å². The Labute approximate surface area is 141 Å². The van der Waals surface area contributed by atoms with Gasteiger partial charge in [-0.3, -0.25) is 0 Å². The van der Waals surface area contributed by atoms with E-state index in [-0.39, 0.29) is 0 Å². The summed E-state index contributed by atoms with van der Waals surface area (Å²) in [5, 5.41) is 8.84. The van der Waals surface area contributed by atoms with Crippen molar-refractivity contribution in [1.29, 1.82) is 0 Å². The van der Waals surface area contributed by atoms with Crippen molar-refractivity contribution in [2.24, 2.45) is 0 Å². The van der Waals surface area contributed by atoms with Gasteiger partial charge in [-0.15, -0.1) is 0 Å². The number of rotatable bonds is 4. The summed E-state index contributed by atoms with van der Waals surface area (Å²) in [4.78, 5) is 10.8. The molecule has 0 spiro atoms. The third-order valence-corrected chi connectivity index (χ3v) is 3.98. The highest BCUT2D eigenvalue weighted by atomic mass is 16.4. The molecule has 0 aliphatic rings. The van der Waals surface area contributed by atoms with E-state index in [1.807, 2.05) is 42.5 Å². The summed E-state index contributed by atoms with van der Waals surface area (Å²) in [6.45, 7) is 1.80. The van der Waals surface area contributed by atoms with E-state index < -0.39 is 5.97 Å². The molecule has 118 valence electrons. The van der Waals surface area contributed by atoms with Crippen LogP contribution in [0.3, 0.4) is 0 Å². The molecule has 0 atom stereocenters. The number of carboxylic acids is 1. The molecule has 3 aromatic carbocycles. The molecule has 3 aromatic rings. The zero-order valence-corrected chi connectivity index (χ0v) is 13.4. The Balaban J connectivity index is 1.91. The summed E-state index contributed by atoms with van der Waals surface area (Å²) >= 11 is 0. The van der Waals surface area contributed by atoms with Crippen LogP contribution < -0.4 is 0 Å². The number of allylic oxidation sites excluding steroid dienone is 1. The van der Waals surface area contributed by atoms with Gasteiger partial charge in [-0.1, -0.05) is 72.8 Å². The number of carboxylic acid groups (broad SMARTS) is 1. The topological polar surface area (TPSA) is 37.3 Å². The van der Waals surface area contributed by atoms with E-state index in [0.29, 0.717) is 0 Å². The largest absolute Gasteiger partial charge is 0.478 e. The average Bonchev–Trinajstić information content (AvgIpc) is 2.62. The minimum atomic E-state index is -0.924. The minimum absolute atomic E-state index is 0.743. The third-order valence-electron chi connectivity index (χ3n) is 3.98. The van der Waals surface area contributed by atoms with Crippen LogP contribution in [-0.2, 0) is 4.79 Å². The van der Waals surface area contributed by atoms with E-state index in [1.54, 1.807) is 6.92 Å². The molecule has 0 heterocycles. The number of carbonyl (C=O) groups is 1. The summed E-state index contributed by atoms with van der Waals surface area (Å²) in [5.74, 6) is -0.924. The maximum atomic E-state index is 10.8. The van der Waals surface area contributed by atoms with Gasteiger partial charge in [-0.25, -0.2) is 4.79 Å². The molecule has 2 heteroatoms. The van der Waals surface area contributed by atoms with Crippen molar-refractivity contribution < 1.29 is 9.90 Å². The Morgan fingerprint density at radius 2 is 1.29 bits per heavy atom. The summed E-state index contributed by atoms with van der Waals surface area (Å²) in [5.41, 5.74) is 6.28. The van der Waals surface area contributed by atoms with Gasteiger partial charge in [0.25, 0.3) is 0 Å². The number of aliphatic carboxylic acids is 1. The smallest absolute Gasteiger partial charge is 0.328 e. The minimum Gasteiger partial charge on any atom is -0.478 e. The second-order valence-corrected chi connectivity index (χ2v) is 5.69. The fraction of sp³-hybridized carbons (Fsp3) is 0.0455. The molecule has 3 rings (SSSR count). The molecule has 1 N–H and O–H groups in total. The fourth-order valence-corrected chi connectivity index (χ4v) is 2.70. The summed E-state index contributed by atoms with van der Waals surface area (Å²) in [7, 11) is 0. The predicted octanol–water partition coefficient (Wildman–Crippen LogP) is 5.51. The van der Waals surface area contributed by atoms with Crippen LogP contribution in [0.15, 0.2) is 84.9 Å². The molecule has 0 unspecified atom stereocenters. The van der Waals surface area contributed by atoms with Crippen LogP contribution in [0.2, 0.25) is 0 Å². The lowest BCUT2D eigenvalue weighted by Crippen LogP contribution is -1.90. The summed E-state index contributed by atoms with van der Waals surface area (Å²) in [6, 6.07) is 26.7. The Morgan fingerprint density at radius 1 is 0.750 bits per heavy atom. The number of benzene rings is 3. The first-order chi connectivity index (χ1) is 11.6. The van der Waals surface area contributed by atoms with Gasteiger partial charge in [0, 0.05) is 6.08 Å². The van der Waals surface area contributed by atoms with Gasteiger partial charge < -0.3 is 5.11 Å². The highest BCUT2D eigenvalue weighted by Crippen LogP contribution is 2.27. The molecule has 0 saturated carbocycles. The molecule has 0 aromatic heterocycles. The normalized spacial score (nSPS) is 11.3. The average molecular weight is 314 g/mol. The van der Waals surface area contributed by atoms with Crippen molar-refractivity contribution in [3.63, 3.8) is 0 Å². The first-order valence-electron chi connectivity index (χ1n) is 7.81. The van der Waals surface area contributed by atoms with Crippen molar-refractivity contribution in [3.8, 4) is 22.3 Å². The van der Waals surface area contributed by atoms with Crippen molar-refractivity contribution in [1.82, 2.24) is 0 Å². The Hall–Kier alpha value is -3.13.